The van der Waals surface area contributed by atoms with Gasteiger partial charge in [0, 0.05) is 31.0 Å². The first-order valence-corrected chi connectivity index (χ1v) is 7.15. The van der Waals surface area contributed by atoms with Crippen molar-refractivity contribution in [2.45, 2.75) is 37.9 Å². The Kier molecular flexibility index (Phi) is 4.91. The second-order valence-electron chi connectivity index (χ2n) is 5.89. The van der Waals surface area contributed by atoms with Gasteiger partial charge in [0.15, 0.2) is 0 Å². The van der Waals surface area contributed by atoms with Gasteiger partial charge in [-0.2, -0.15) is 0 Å². The number of rotatable bonds is 5. The first-order chi connectivity index (χ1) is 9.09. The Morgan fingerprint density at radius 1 is 1.53 bits per heavy atom. The van der Waals surface area contributed by atoms with E-state index in [0.717, 1.165) is 13.1 Å². The van der Waals surface area contributed by atoms with Crippen LogP contribution in [0.2, 0.25) is 0 Å². The van der Waals surface area contributed by atoms with Gasteiger partial charge in [-0.25, -0.2) is 0 Å². The number of likely N-dealkylation sites (tertiary alicyclic amines) is 1. The van der Waals surface area contributed by atoms with Crippen LogP contribution in [0, 0.1) is 0 Å². The molecule has 0 spiro atoms. The lowest BCUT2D eigenvalue weighted by Crippen LogP contribution is -2.45. The smallest absolute Gasteiger partial charge is 0.0515 e. The van der Waals surface area contributed by atoms with Gasteiger partial charge in [-0.15, -0.1) is 0 Å². The van der Waals surface area contributed by atoms with Gasteiger partial charge in [-0.3, -0.25) is 9.88 Å². The summed E-state index contributed by atoms with van der Waals surface area (Å²) in [6.45, 7) is 4.34. The van der Waals surface area contributed by atoms with E-state index in [1.54, 1.807) is 0 Å². The molecular weight excluding hydrogens is 236 g/mol. The number of likely N-dealkylation sites (N-methyl/N-ethyl adjacent to an activating group) is 1. The molecule has 0 amide bonds. The minimum atomic E-state index is 0.118. The maximum atomic E-state index is 6.26. The van der Waals surface area contributed by atoms with E-state index in [1.165, 1.54) is 18.4 Å². The summed E-state index contributed by atoms with van der Waals surface area (Å²) in [5.74, 6) is 0. The molecule has 1 aliphatic heterocycles. The van der Waals surface area contributed by atoms with Gasteiger partial charge in [-0.05, 0) is 52.0 Å². The van der Waals surface area contributed by atoms with E-state index in [1.807, 2.05) is 18.5 Å². The van der Waals surface area contributed by atoms with Gasteiger partial charge < -0.3 is 10.6 Å². The lowest BCUT2D eigenvalue weighted by Gasteiger charge is -2.36. The van der Waals surface area contributed by atoms with Crippen LogP contribution in [0.4, 0.5) is 0 Å². The molecule has 4 heteroatoms. The van der Waals surface area contributed by atoms with Crippen LogP contribution >= 0.6 is 0 Å². The molecule has 0 aromatic carbocycles. The lowest BCUT2D eigenvalue weighted by atomic mass is 10.00. The summed E-state index contributed by atoms with van der Waals surface area (Å²) in [6.07, 6.45) is 6.31. The van der Waals surface area contributed by atoms with Crippen molar-refractivity contribution in [3.05, 3.63) is 30.1 Å². The van der Waals surface area contributed by atoms with Gasteiger partial charge in [0.05, 0.1) is 6.04 Å². The fraction of sp³-hybridized carbons (Fsp3) is 0.667. The van der Waals surface area contributed by atoms with Crippen molar-refractivity contribution in [1.29, 1.82) is 0 Å². The van der Waals surface area contributed by atoms with Crippen molar-refractivity contribution in [3.63, 3.8) is 0 Å². The molecule has 3 atom stereocenters. The highest BCUT2D eigenvalue weighted by Gasteiger charge is 2.33. The summed E-state index contributed by atoms with van der Waals surface area (Å²) in [4.78, 5) is 9.09. The fourth-order valence-corrected chi connectivity index (χ4v) is 3.19. The first-order valence-electron chi connectivity index (χ1n) is 7.15. The van der Waals surface area contributed by atoms with Crippen molar-refractivity contribution >= 4 is 0 Å². The molecule has 2 heterocycles. The number of hydrogen-bond acceptors (Lipinski definition) is 4. The van der Waals surface area contributed by atoms with Gasteiger partial charge in [-0.1, -0.05) is 6.07 Å². The quantitative estimate of drug-likeness (QED) is 0.873. The molecule has 0 aliphatic carbocycles. The number of hydrogen-bond donors (Lipinski definition) is 1. The average Bonchev–Trinajstić information content (AvgIpc) is 2.78. The van der Waals surface area contributed by atoms with Crippen molar-refractivity contribution in [2.24, 2.45) is 5.73 Å². The summed E-state index contributed by atoms with van der Waals surface area (Å²) in [5, 5.41) is 0. The fourth-order valence-electron chi connectivity index (χ4n) is 3.19. The van der Waals surface area contributed by atoms with Gasteiger partial charge >= 0.3 is 0 Å². The zero-order chi connectivity index (χ0) is 13.8. The molecule has 0 bridgehead atoms. The summed E-state index contributed by atoms with van der Waals surface area (Å²) < 4.78 is 0. The van der Waals surface area contributed by atoms with Gasteiger partial charge in [0.25, 0.3) is 0 Å². The van der Waals surface area contributed by atoms with Gasteiger partial charge in [0.1, 0.15) is 0 Å². The van der Waals surface area contributed by atoms with Crippen LogP contribution in [0.15, 0.2) is 24.5 Å². The normalized spacial score (nSPS) is 23.7. The van der Waals surface area contributed by atoms with Crippen molar-refractivity contribution in [3.8, 4) is 0 Å². The Hall–Kier alpha value is -0.970. The molecule has 0 saturated carbocycles. The number of nitrogens with two attached hydrogens (primary N) is 1. The molecule has 1 saturated heterocycles. The SMILES string of the molecule is CC(N)C(c1cccnc1)N1CCCC1CN(C)C. The van der Waals surface area contributed by atoms with Crippen LogP contribution in [0.1, 0.15) is 31.4 Å². The molecule has 1 aliphatic rings. The molecule has 2 N–H and O–H groups in total. The van der Waals surface area contributed by atoms with Crippen LogP contribution in [0.5, 0.6) is 0 Å². The standard InChI is InChI=1S/C15H26N4/c1-12(16)15(13-6-4-8-17-10-13)19-9-5-7-14(19)11-18(2)3/h4,6,8,10,12,14-15H,5,7,9,11,16H2,1-3H3. The van der Waals surface area contributed by atoms with Crippen molar-refractivity contribution < 1.29 is 0 Å². The second kappa shape index (κ2) is 6.46. The van der Waals surface area contributed by atoms with Crippen LogP contribution in [0.25, 0.3) is 0 Å². The molecule has 1 fully saturated rings. The third-order valence-electron chi connectivity index (χ3n) is 3.88. The van der Waals surface area contributed by atoms with Gasteiger partial charge in [0.2, 0.25) is 0 Å². The molecule has 1 aromatic heterocycles. The Morgan fingerprint density at radius 3 is 2.89 bits per heavy atom. The second-order valence-corrected chi connectivity index (χ2v) is 5.89. The number of aromatic nitrogens is 1. The molecule has 3 unspecified atom stereocenters. The van der Waals surface area contributed by atoms with E-state index in [2.05, 4.69) is 41.9 Å². The molecule has 2 rings (SSSR count). The van der Waals surface area contributed by atoms with E-state index in [-0.39, 0.29) is 12.1 Å². The van der Waals surface area contributed by atoms with E-state index in [9.17, 15) is 0 Å². The molecule has 1 aromatic rings. The highest BCUT2D eigenvalue weighted by atomic mass is 15.3. The Labute approximate surface area is 116 Å². The number of pyridine rings is 1. The van der Waals surface area contributed by atoms with Crippen LogP contribution in [0.3, 0.4) is 0 Å². The van der Waals surface area contributed by atoms with Crippen LogP contribution in [-0.2, 0) is 0 Å². The molecule has 106 valence electrons. The van der Waals surface area contributed by atoms with E-state index < -0.39 is 0 Å². The zero-order valence-corrected chi connectivity index (χ0v) is 12.3. The molecule has 0 radical (unpaired) electrons. The summed E-state index contributed by atoms with van der Waals surface area (Å²) >= 11 is 0. The third kappa shape index (κ3) is 3.53. The average molecular weight is 262 g/mol. The predicted octanol–water partition coefficient (Wildman–Crippen LogP) is 1.50. The first kappa shape index (κ1) is 14.4. The lowest BCUT2D eigenvalue weighted by molar-refractivity contribution is 0.137. The molecular formula is C15H26N4. The summed E-state index contributed by atoms with van der Waals surface area (Å²) in [6, 6.07) is 5.15. The maximum absolute atomic E-state index is 6.26. The molecule has 19 heavy (non-hydrogen) atoms. The maximum Gasteiger partial charge on any atom is 0.0515 e. The van der Waals surface area contributed by atoms with Crippen LogP contribution < -0.4 is 5.73 Å². The minimum absolute atomic E-state index is 0.118. The highest BCUT2D eigenvalue weighted by Crippen LogP contribution is 2.31. The number of nitrogens with zero attached hydrogens (tertiary/aromatic N) is 3. The van der Waals surface area contributed by atoms with E-state index in [0.29, 0.717) is 6.04 Å². The van der Waals surface area contributed by atoms with E-state index >= 15 is 0 Å². The third-order valence-corrected chi connectivity index (χ3v) is 3.88. The summed E-state index contributed by atoms with van der Waals surface area (Å²) in [7, 11) is 4.28. The Bertz CT molecular complexity index is 377. The topological polar surface area (TPSA) is 45.4 Å². The predicted molar refractivity (Wildman–Crippen MR) is 78.9 cm³/mol. The zero-order valence-electron chi connectivity index (χ0n) is 12.3. The van der Waals surface area contributed by atoms with E-state index in [4.69, 9.17) is 5.73 Å². The highest BCUT2D eigenvalue weighted by molar-refractivity contribution is 5.17. The summed E-state index contributed by atoms with van der Waals surface area (Å²) in [5.41, 5.74) is 7.50. The Morgan fingerprint density at radius 2 is 2.32 bits per heavy atom. The minimum Gasteiger partial charge on any atom is -0.326 e. The largest absolute Gasteiger partial charge is 0.326 e. The monoisotopic (exact) mass is 262 g/mol. The Balaban J connectivity index is 2.19. The van der Waals surface area contributed by atoms with Crippen molar-refractivity contribution in [2.75, 3.05) is 27.2 Å². The van der Waals surface area contributed by atoms with Crippen LogP contribution in [-0.4, -0.2) is 54.1 Å². The van der Waals surface area contributed by atoms with Crippen molar-refractivity contribution in [1.82, 2.24) is 14.8 Å². The molecule has 4 nitrogen and oxygen atoms in total.